The zero-order chi connectivity index (χ0) is 11.5. The van der Waals surface area contributed by atoms with E-state index in [0.29, 0.717) is 0 Å². The molecule has 92 valence electrons. The number of hydrogen-bond donors (Lipinski definition) is 1. The molecule has 0 amide bonds. The van der Waals surface area contributed by atoms with Gasteiger partial charge in [-0.05, 0) is 50.1 Å². The highest BCUT2D eigenvalue weighted by molar-refractivity contribution is 5.10. The van der Waals surface area contributed by atoms with Crippen molar-refractivity contribution in [1.82, 2.24) is 20.3 Å². The Morgan fingerprint density at radius 2 is 2.29 bits per heavy atom. The standard InChI is InChI=1S/C13H20N4/c1(6-17-7-5-15-16-17)4-14-10-13-9-11-2-3-12(13)8-11/h2-3,5,7,11-14H,1,4,6,8-10H2. The second-order valence-electron chi connectivity index (χ2n) is 5.26. The van der Waals surface area contributed by atoms with E-state index in [4.69, 9.17) is 0 Å². The monoisotopic (exact) mass is 232 g/mol. The summed E-state index contributed by atoms with van der Waals surface area (Å²) >= 11 is 0. The molecule has 0 saturated heterocycles. The quantitative estimate of drug-likeness (QED) is 0.596. The Bertz CT molecular complexity index is 371. The predicted octanol–water partition coefficient (Wildman–Crippen LogP) is 1.47. The Kier molecular flexibility index (Phi) is 3.22. The van der Waals surface area contributed by atoms with E-state index in [2.05, 4.69) is 27.8 Å². The Labute approximate surface area is 102 Å². The van der Waals surface area contributed by atoms with E-state index >= 15 is 0 Å². The highest BCUT2D eigenvalue weighted by Gasteiger charge is 2.34. The molecule has 17 heavy (non-hydrogen) atoms. The SMILES string of the molecule is C1=CC2CC1CC2CNCCCn1ccnn1. The van der Waals surface area contributed by atoms with Crippen molar-refractivity contribution in [2.45, 2.75) is 25.8 Å². The third-order valence-electron chi connectivity index (χ3n) is 4.04. The molecule has 2 aliphatic rings. The third-order valence-corrected chi connectivity index (χ3v) is 4.04. The number of rotatable bonds is 6. The van der Waals surface area contributed by atoms with Gasteiger partial charge in [0.2, 0.25) is 0 Å². The summed E-state index contributed by atoms with van der Waals surface area (Å²) in [7, 11) is 0. The summed E-state index contributed by atoms with van der Waals surface area (Å²) in [5.41, 5.74) is 0. The molecule has 1 aromatic heterocycles. The molecule has 3 rings (SSSR count). The molecule has 2 bridgehead atoms. The van der Waals surface area contributed by atoms with E-state index in [1.807, 2.05) is 10.9 Å². The summed E-state index contributed by atoms with van der Waals surface area (Å²) < 4.78 is 1.89. The maximum absolute atomic E-state index is 3.95. The van der Waals surface area contributed by atoms with Gasteiger partial charge in [-0.15, -0.1) is 5.10 Å². The van der Waals surface area contributed by atoms with Crippen LogP contribution in [0, 0.1) is 17.8 Å². The van der Waals surface area contributed by atoms with Crippen LogP contribution in [0.3, 0.4) is 0 Å². The molecular formula is C13H20N4. The van der Waals surface area contributed by atoms with Crippen molar-refractivity contribution in [2.75, 3.05) is 13.1 Å². The van der Waals surface area contributed by atoms with Crippen LogP contribution in [0.25, 0.3) is 0 Å². The third kappa shape index (κ3) is 2.57. The molecular weight excluding hydrogens is 212 g/mol. The van der Waals surface area contributed by atoms with E-state index in [0.717, 1.165) is 37.3 Å². The molecule has 1 saturated carbocycles. The molecule has 4 heteroatoms. The number of nitrogens with one attached hydrogen (secondary N) is 1. The summed E-state index contributed by atoms with van der Waals surface area (Å²) in [5.74, 6) is 2.64. The van der Waals surface area contributed by atoms with E-state index < -0.39 is 0 Å². The Morgan fingerprint density at radius 3 is 3.00 bits per heavy atom. The molecule has 4 nitrogen and oxygen atoms in total. The zero-order valence-electron chi connectivity index (χ0n) is 10.1. The number of hydrogen-bond acceptors (Lipinski definition) is 3. The average molecular weight is 232 g/mol. The minimum absolute atomic E-state index is 0.864. The zero-order valence-corrected chi connectivity index (χ0v) is 10.1. The second kappa shape index (κ2) is 5.00. The van der Waals surface area contributed by atoms with Crippen LogP contribution in [0.4, 0.5) is 0 Å². The largest absolute Gasteiger partial charge is 0.316 e. The van der Waals surface area contributed by atoms with Gasteiger partial charge in [0, 0.05) is 12.7 Å². The molecule has 2 aliphatic carbocycles. The molecule has 0 aliphatic heterocycles. The van der Waals surface area contributed by atoms with E-state index in [1.165, 1.54) is 19.4 Å². The van der Waals surface area contributed by atoms with Gasteiger partial charge in [0.1, 0.15) is 0 Å². The van der Waals surface area contributed by atoms with Gasteiger partial charge in [0.05, 0.1) is 6.20 Å². The molecule has 0 radical (unpaired) electrons. The molecule has 1 fully saturated rings. The van der Waals surface area contributed by atoms with E-state index in [1.54, 1.807) is 6.20 Å². The van der Waals surface area contributed by atoms with Gasteiger partial charge < -0.3 is 5.32 Å². The second-order valence-corrected chi connectivity index (χ2v) is 5.26. The number of fused-ring (bicyclic) bond motifs is 2. The van der Waals surface area contributed by atoms with E-state index in [-0.39, 0.29) is 0 Å². The fourth-order valence-corrected chi connectivity index (χ4v) is 3.13. The molecule has 0 spiro atoms. The lowest BCUT2D eigenvalue weighted by molar-refractivity contribution is 0.407. The highest BCUT2D eigenvalue weighted by Crippen LogP contribution is 2.42. The topological polar surface area (TPSA) is 42.7 Å². The minimum atomic E-state index is 0.864. The Balaban J connectivity index is 1.30. The van der Waals surface area contributed by atoms with Crippen LogP contribution in [0.5, 0.6) is 0 Å². The number of aromatic nitrogens is 3. The average Bonchev–Trinajstić information content (AvgIpc) is 3.05. The summed E-state index contributed by atoms with van der Waals surface area (Å²) in [6.45, 7) is 3.23. The van der Waals surface area contributed by atoms with Crippen molar-refractivity contribution < 1.29 is 0 Å². The molecule has 3 atom stereocenters. The van der Waals surface area contributed by atoms with Gasteiger partial charge in [0.25, 0.3) is 0 Å². The maximum Gasteiger partial charge on any atom is 0.0692 e. The number of aryl methyl sites for hydroxylation is 1. The van der Waals surface area contributed by atoms with E-state index in [9.17, 15) is 0 Å². The molecule has 3 unspecified atom stereocenters. The van der Waals surface area contributed by atoms with Gasteiger partial charge in [-0.3, -0.25) is 4.68 Å². The minimum Gasteiger partial charge on any atom is -0.316 e. The van der Waals surface area contributed by atoms with Crippen LogP contribution in [-0.2, 0) is 6.54 Å². The first-order valence-corrected chi connectivity index (χ1v) is 6.65. The lowest BCUT2D eigenvalue weighted by atomic mass is 9.94. The van der Waals surface area contributed by atoms with Crippen LogP contribution in [0.15, 0.2) is 24.5 Å². The normalized spacial score (nSPS) is 30.2. The van der Waals surface area contributed by atoms with Gasteiger partial charge in [-0.25, -0.2) is 0 Å². The lowest BCUT2D eigenvalue weighted by Crippen LogP contribution is -2.26. The predicted molar refractivity (Wildman–Crippen MR) is 66.4 cm³/mol. The van der Waals surface area contributed by atoms with Crippen molar-refractivity contribution in [3.05, 3.63) is 24.5 Å². The first-order valence-electron chi connectivity index (χ1n) is 6.65. The first kappa shape index (κ1) is 11.0. The number of allylic oxidation sites excluding steroid dienone is 2. The summed E-state index contributed by atoms with van der Waals surface area (Å²) in [6, 6.07) is 0. The van der Waals surface area contributed by atoms with Gasteiger partial charge >= 0.3 is 0 Å². The summed E-state index contributed by atoms with van der Waals surface area (Å²) in [5, 5.41) is 11.3. The van der Waals surface area contributed by atoms with Gasteiger partial charge in [0.15, 0.2) is 0 Å². The number of nitrogens with zero attached hydrogens (tertiary/aromatic N) is 3. The van der Waals surface area contributed by atoms with Crippen LogP contribution in [0.2, 0.25) is 0 Å². The molecule has 0 aromatic carbocycles. The smallest absolute Gasteiger partial charge is 0.0692 e. The van der Waals surface area contributed by atoms with Crippen LogP contribution >= 0.6 is 0 Å². The van der Waals surface area contributed by atoms with Gasteiger partial charge in [-0.1, -0.05) is 17.4 Å². The molecule has 1 heterocycles. The Hall–Kier alpha value is -1.16. The lowest BCUT2D eigenvalue weighted by Gasteiger charge is -2.18. The highest BCUT2D eigenvalue weighted by atomic mass is 15.4. The van der Waals surface area contributed by atoms with Crippen LogP contribution < -0.4 is 5.32 Å². The van der Waals surface area contributed by atoms with Crippen LogP contribution in [-0.4, -0.2) is 28.1 Å². The summed E-state index contributed by atoms with van der Waals surface area (Å²) in [6.07, 6.45) is 12.4. The first-order chi connectivity index (χ1) is 8.42. The fourth-order valence-electron chi connectivity index (χ4n) is 3.13. The van der Waals surface area contributed by atoms with Crippen molar-refractivity contribution in [3.63, 3.8) is 0 Å². The van der Waals surface area contributed by atoms with Gasteiger partial charge in [-0.2, -0.15) is 0 Å². The van der Waals surface area contributed by atoms with Crippen molar-refractivity contribution in [3.8, 4) is 0 Å². The summed E-state index contributed by atoms with van der Waals surface area (Å²) in [4.78, 5) is 0. The molecule has 1 N–H and O–H groups in total. The maximum atomic E-state index is 3.95. The fraction of sp³-hybridized carbons (Fsp3) is 0.692. The van der Waals surface area contributed by atoms with Crippen molar-refractivity contribution in [1.29, 1.82) is 0 Å². The van der Waals surface area contributed by atoms with Crippen molar-refractivity contribution in [2.24, 2.45) is 17.8 Å². The molecule has 1 aromatic rings. The van der Waals surface area contributed by atoms with Crippen LogP contribution in [0.1, 0.15) is 19.3 Å². The Morgan fingerprint density at radius 1 is 1.29 bits per heavy atom. The van der Waals surface area contributed by atoms with Crippen molar-refractivity contribution >= 4 is 0 Å².